The molecule has 5 heteroatoms. The minimum Gasteiger partial charge on any atom is -0.132 e. The van der Waals surface area contributed by atoms with Crippen LogP contribution in [0.25, 0.3) is 5.69 Å². The average Bonchev–Trinajstić information content (AvgIpc) is 2.52. The highest BCUT2D eigenvalue weighted by Crippen LogP contribution is 2.12. The monoisotopic (exact) mass is 194 g/mol. The summed E-state index contributed by atoms with van der Waals surface area (Å²) >= 11 is 5.81. The summed E-state index contributed by atoms with van der Waals surface area (Å²) in [5, 5.41) is 12.3. The Morgan fingerprint density at radius 1 is 1.38 bits per heavy atom. The van der Waals surface area contributed by atoms with Gasteiger partial charge in [-0.05, 0) is 30.3 Å². The third-order valence-electron chi connectivity index (χ3n) is 1.55. The number of hydrogen-bond acceptors (Lipinski definition) is 3. The first-order valence-electron chi connectivity index (χ1n) is 3.78. The van der Waals surface area contributed by atoms with Crippen LogP contribution in [0.4, 0.5) is 0 Å². The third-order valence-corrected chi connectivity index (χ3v) is 1.79. The first kappa shape index (κ1) is 8.19. The van der Waals surface area contributed by atoms with Crippen molar-refractivity contribution in [2.45, 2.75) is 6.92 Å². The van der Waals surface area contributed by atoms with E-state index in [1.54, 1.807) is 19.1 Å². The van der Waals surface area contributed by atoms with E-state index in [2.05, 4.69) is 15.4 Å². The van der Waals surface area contributed by atoms with E-state index in [1.807, 2.05) is 12.1 Å². The second kappa shape index (κ2) is 3.14. The minimum atomic E-state index is 0.639. The fraction of sp³-hybridized carbons (Fsp3) is 0.125. The van der Waals surface area contributed by atoms with Crippen LogP contribution in [-0.4, -0.2) is 20.2 Å². The number of aromatic nitrogens is 4. The van der Waals surface area contributed by atoms with Crippen molar-refractivity contribution in [3.63, 3.8) is 0 Å². The Morgan fingerprint density at radius 3 is 2.85 bits per heavy atom. The molecule has 0 saturated heterocycles. The van der Waals surface area contributed by atoms with Gasteiger partial charge in [0.15, 0.2) is 5.82 Å². The minimum absolute atomic E-state index is 0.639. The molecule has 1 aromatic carbocycles. The normalized spacial score (nSPS) is 10.3. The molecule has 0 N–H and O–H groups in total. The topological polar surface area (TPSA) is 43.6 Å². The maximum Gasteiger partial charge on any atom is 0.172 e. The second-order valence-corrected chi connectivity index (χ2v) is 3.04. The largest absolute Gasteiger partial charge is 0.172 e. The van der Waals surface area contributed by atoms with Crippen molar-refractivity contribution < 1.29 is 0 Å². The molecular formula is C8H7ClN4. The van der Waals surface area contributed by atoms with E-state index in [0.717, 1.165) is 5.69 Å². The van der Waals surface area contributed by atoms with Gasteiger partial charge in [-0.15, -0.1) is 15.0 Å². The van der Waals surface area contributed by atoms with Crippen LogP contribution < -0.4 is 0 Å². The molecule has 0 fully saturated rings. The van der Waals surface area contributed by atoms with Gasteiger partial charge in [-0.2, -0.15) is 0 Å². The van der Waals surface area contributed by atoms with Crippen LogP contribution in [0.3, 0.4) is 0 Å². The van der Waals surface area contributed by atoms with Crippen LogP contribution in [0.15, 0.2) is 24.3 Å². The number of aryl methyl sites for hydroxylation is 1. The number of benzene rings is 1. The van der Waals surface area contributed by atoms with Gasteiger partial charge < -0.3 is 0 Å². The Morgan fingerprint density at radius 2 is 2.23 bits per heavy atom. The summed E-state index contributed by atoms with van der Waals surface area (Å²) in [5.41, 5.74) is 0.813. The lowest BCUT2D eigenvalue weighted by Crippen LogP contribution is -1.98. The second-order valence-electron chi connectivity index (χ2n) is 2.61. The van der Waals surface area contributed by atoms with E-state index in [9.17, 15) is 0 Å². The van der Waals surface area contributed by atoms with Crippen molar-refractivity contribution in [3.8, 4) is 5.69 Å². The lowest BCUT2D eigenvalue weighted by molar-refractivity contribution is 0.719. The van der Waals surface area contributed by atoms with Crippen LogP contribution >= 0.6 is 11.6 Å². The Bertz CT molecular complexity index is 424. The molecule has 0 spiro atoms. The summed E-state index contributed by atoms with van der Waals surface area (Å²) in [7, 11) is 0. The lowest BCUT2D eigenvalue weighted by Gasteiger charge is -1.97. The van der Waals surface area contributed by atoms with Crippen molar-refractivity contribution in [1.82, 2.24) is 20.2 Å². The molecule has 0 aliphatic rings. The molecule has 1 aromatic heterocycles. The molecule has 66 valence electrons. The SMILES string of the molecule is Cc1nnn(-c2cccc(Cl)c2)n1. The molecule has 0 aliphatic heterocycles. The van der Waals surface area contributed by atoms with Crippen LogP contribution in [0.1, 0.15) is 5.82 Å². The van der Waals surface area contributed by atoms with E-state index in [1.165, 1.54) is 4.80 Å². The summed E-state index contributed by atoms with van der Waals surface area (Å²) in [6.45, 7) is 1.79. The van der Waals surface area contributed by atoms with Crippen LogP contribution in [0, 0.1) is 6.92 Å². The molecule has 0 bridgehead atoms. The van der Waals surface area contributed by atoms with Gasteiger partial charge in [-0.1, -0.05) is 17.7 Å². The highest BCUT2D eigenvalue weighted by atomic mass is 35.5. The maximum atomic E-state index is 5.81. The van der Waals surface area contributed by atoms with Crippen LogP contribution in [0.2, 0.25) is 5.02 Å². The smallest absolute Gasteiger partial charge is 0.132 e. The summed E-state index contributed by atoms with van der Waals surface area (Å²) in [6, 6.07) is 7.29. The van der Waals surface area contributed by atoms with Crippen molar-refractivity contribution in [2.24, 2.45) is 0 Å². The first-order valence-corrected chi connectivity index (χ1v) is 4.16. The predicted octanol–water partition coefficient (Wildman–Crippen LogP) is 1.62. The molecule has 4 nitrogen and oxygen atoms in total. The van der Waals surface area contributed by atoms with Gasteiger partial charge in [0, 0.05) is 5.02 Å². The molecule has 0 saturated carbocycles. The van der Waals surface area contributed by atoms with Crippen molar-refractivity contribution >= 4 is 11.6 Å². The standard InChI is InChI=1S/C8H7ClN4/c1-6-10-12-13(11-6)8-4-2-3-7(9)5-8/h2-5H,1H3. The Labute approximate surface area is 80.1 Å². The van der Waals surface area contributed by atoms with Crippen molar-refractivity contribution in [1.29, 1.82) is 0 Å². The van der Waals surface area contributed by atoms with E-state index in [-0.39, 0.29) is 0 Å². The molecule has 0 atom stereocenters. The van der Waals surface area contributed by atoms with Gasteiger partial charge >= 0.3 is 0 Å². The van der Waals surface area contributed by atoms with Gasteiger partial charge in [0.25, 0.3) is 0 Å². The van der Waals surface area contributed by atoms with E-state index >= 15 is 0 Å². The molecule has 0 aliphatic carbocycles. The fourth-order valence-corrected chi connectivity index (χ4v) is 1.18. The number of halogens is 1. The number of nitrogens with zero attached hydrogens (tertiary/aromatic N) is 4. The number of rotatable bonds is 1. The highest BCUT2D eigenvalue weighted by Gasteiger charge is 2.00. The average molecular weight is 195 g/mol. The molecule has 0 amide bonds. The molecule has 1 heterocycles. The van der Waals surface area contributed by atoms with Gasteiger partial charge in [-0.25, -0.2) is 0 Å². The van der Waals surface area contributed by atoms with E-state index in [0.29, 0.717) is 10.8 Å². The Kier molecular flexibility index (Phi) is 1.98. The fourth-order valence-electron chi connectivity index (χ4n) is 0.994. The zero-order valence-corrected chi connectivity index (χ0v) is 7.73. The van der Waals surface area contributed by atoms with Crippen LogP contribution in [-0.2, 0) is 0 Å². The van der Waals surface area contributed by atoms with Gasteiger partial charge in [0.2, 0.25) is 0 Å². The molecule has 0 radical (unpaired) electrons. The quantitative estimate of drug-likeness (QED) is 0.693. The third kappa shape index (κ3) is 1.67. The molecule has 2 rings (SSSR count). The summed E-state index contributed by atoms with van der Waals surface area (Å²) in [4.78, 5) is 1.45. The maximum absolute atomic E-state index is 5.81. The lowest BCUT2D eigenvalue weighted by atomic mass is 10.3. The molecule has 2 aromatic rings. The molecule has 0 unspecified atom stereocenters. The Hall–Kier alpha value is -1.42. The number of tetrazole rings is 1. The van der Waals surface area contributed by atoms with Gasteiger partial charge in [-0.3, -0.25) is 0 Å². The zero-order chi connectivity index (χ0) is 9.26. The summed E-state index contributed by atoms with van der Waals surface area (Å²) in [5.74, 6) is 0.639. The summed E-state index contributed by atoms with van der Waals surface area (Å²) < 4.78 is 0. The Balaban J connectivity index is 2.46. The number of hydrogen-bond donors (Lipinski definition) is 0. The summed E-state index contributed by atoms with van der Waals surface area (Å²) in [6.07, 6.45) is 0. The van der Waals surface area contributed by atoms with Crippen LogP contribution in [0.5, 0.6) is 0 Å². The van der Waals surface area contributed by atoms with E-state index < -0.39 is 0 Å². The molecule has 13 heavy (non-hydrogen) atoms. The first-order chi connectivity index (χ1) is 6.25. The molecular weight excluding hydrogens is 188 g/mol. The van der Waals surface area contributed by atoms with E-state index in [4.69, 9.17) is 11.6 Å². The van der Waals surface area contributed by atoms with Gasteiger partial charge in [0.05, 0.1) is 5.69 Å². The van der Waals surface area contributed by atoms with Crippen molar-refractivity contribution in [2.75, 3.05) is 0 Å². The highest BCUT2D eigenvalue weighted by molar-refractivity contribution is 6.30. The van der Waals surface area contributed by atoms with Gasteiger partial charge in [0.1, 0.15) is 0 Å². The predicted molar refractivity (Wildman–Crippen MR) is 48.9 cm³/mol. The zero-order valence-electron chi connectivity index (χ0n) is 6.98. The van der Waals surface area contributed by atoms with Crippen molar-refractivity contribution in [3.05, 3.63) is 35.1 Å².